The summed E-state index contributed by atoms with van der Waals surface area (Å²) in [6.45, 7) is 0.171. The van der Waals surface area contributed by atoms with Crippen molar-refractivity contribution in [1.29, 1.82) is 0 Å². The number of hydrogen-bond donors (Lipinski definition) is 3. The first-order valence-corrected chi connectivity index (χ1v) is 6.04. The van der Waals surface area contributed by atoms with Crippen molar-refractivity contribution in [2.75, 3.05) is 5.73 Å². The molecule has 0 atom stereocenters. The molecule has 2 aromatic carbocycles. The Labute approximate surface area is 116 Å². The second kappa shape index (κ2) is 6.23. The summed E-state index contributed by atoms with van der Waals surface area (Å²) in [7, 11) is -1.66. The molecule has 0 fully saturated rings. The van der Waals surface area contributed by atoms with E-state index in [0.29, 0.717) is 0 Å². The lowest BCUT2D eigenvalue weighted by atomic mass is 9.78. The van der Waals surface area contributed by atoms with Crippen molar-refractivity contribution in [3.8, 4) is 0 Å². The van der Waals surface area contributed by atoms with Gasteiger partial charge in [0.15, 0.2) is 0 Å². The van der Waals surface area contributed by atoms with Gasteiger partial charge >= 0.3 is 13.1 Å². The van der Waals surface area contributed by atoms with Crippen LogP contribution in [0.25, 0.3) is 0 Å². The average Bonchev–Trinajstić information content (AvgIpc) is 2.45. The smallest absolute Gasteiger partial charge is 0.457 e. The van der Waals surface area contributed by atoms with E-state index in [9.17, 15) is 4.79 Å². The highest BCUT2D eigenvalue weighted by atomic mass is 16.5. The second-order valence-corrected chi connectivity index (χ2v) is 4.28. The highest BCUT2D eigenvalue weighted by molar-refractivity contribution is 6.60. The van der Waals surface area contributed by atoms with E-state index in [0.717, 1.165) is 5.56 Å². The molecule has 0 radical (unpaired) electrons. The van der Waals surface area contributed by atoms with E-state index in [-0.39, 0.29) is 23.3 Å². The Bertz CT molecular complexity index is 601. The minimum Gasteiger partial charge on any atom is -0.457 e. The topological polar surface area (TPSA) is 92.8 Å². The fraction of sp³-hybridized carbons (Fsp3) is 0.0714. The molecule has 0 spiro atoms. The summed E-state index contributed by atoms with van der Waals surface area (Å²) in [5, 5.41) is 18.1. The van der Waals surface area contributed by atoms with Gasteiger partial charge < -0.3 is 20.5 Å². The zero-order valence-electron chi connectivity index (χ0n) is 10.7. The van der Waals surface area contributed by atoms with Crippen molar-refractivity contribution in [3.63, 3.8) is 0 Å². The van der Waals surface area contributed by atoms with Gasteiger partial charge in [-0.1, -0.05) is 36.4 Å². The van der Waals surface area contributed by atoms with Gasteiger partial charge in [-0.2, -0.15) is 0 Å². The van der Waals surface area contributed by atoms with Gasteiger partial charge in [0.25, 0.3) is 0 Å². The molecule has 5 nitrogen and oxygen atoms in total. The Balaban J connectivity index is 2.04. The number of esters is 1. The summed E-state index contributed by atoms with van der Waals surface area (Å²) in [6.07, 6.45) is 0. The van der Waals surface area contributed by atoms with Crippen LogP contribution in [-0.2, 0) is 11.3 Å². The number of rotatable bonds is 4. The Morgan fingerprint density at radius 3 is 2.45 bits per heavy atom. The van der Waals surface area contributed by atoms with Gasteiger partial charge in [0.05, 0.1) is 5.56 Å². The van der Waals surface area contributed by atoms with Crippen LogP contribution in [0.1, 0.15) is 15.9 Å². The molecule has 2 aromatic rings. The third-order valence-corrected chi connectivity index (χ3v) is 2.81. The zero-order valence-corrected chi connectivity index (χ0v) is 10.7. The summed E-state index contributed by atoms with van der Waals surface area (Å²) in [5.41, 5.74) is 7.08. The second-order valence-electron chi connectivity index (χ2n) is 4.28. The molecule has 20 heavy (non-hydrogen) atoms. The number of nitrogens with two attached hydrogens (primary N) is 1. The number of anilines is 1. The van der Waals surface area contributed by atoms with Crippen molar-refractivity contribution >= 4 is 24.2 Å². The lowest BCUT2D eigenvalue weighted by molar-refractivity contribution is 0.0473. The van der Waals surface area contributed by atoms with Gasteiger partial charge in [-0.05, 0) is 17.7 Å². The van der Waals surface area contributed by atoms with Crippen molar-refractivity contribution < 1.29 is 19.6 Å². The van der Waals surface area contributed by atoms with E-state index >= 15 is 0 Å². The number of carbonyl (C=O) groups excluding carboxylic acids is 1. The summed E-state index contributed by atoms with van der Waals surface area (Å²) in [6, 6.07) is 13.5. The first kappa shape index (κ1) is 14.1. The molecule has 0 heterocycles. The fourth-order valence-corrected chi connectivity index (χ4v) is 1.74. The van der Waals surface area contributed by atoms with E-state index in [2.05, 4.69) is 0 Å². The van der Waals surface area contributed by atoms with Crippen molar-refractivity contribution in [3.05, 3.63) is 59.7 Å². The third-order valence-electron chi connectivity index (χ3n) is 2.81. The van der Waals surface area contributed by atoms with Crippen molar-refractivity contribution in [2.24, 2.45) is 0 Å². The maximum absolute atomic E-state index is 11.8. The molecule has 0 aromatic heterocycles. The number of nitrogen functional groups attached to an aromatic ring is 1. The number of ether oxygens (including phenoxy) is 1. The highest BCUT2D eigenvalue weighted by Gasteiger charge is 2.17. The van der Waals surface area contributed by atoms with Crippen LogP contribution in [0.2, 0.25) is 0 Å². The standard InChI is InChI=1S/C14H14BNO4/c16-13-8-11(6-7-12(13)15(18)19)14(17)20-9-10-4-2-1-3-5-10/h1-8,18-19H,9,16H2. The zero-order chi connectivity index (χ0) is 14.5. The summed E-state index contributed by atoms with van der Waals surface area (Å²) >= 11 is 0. The van der Waals surface area contributed by atoms with Crippen LogP contribution in [0, 0.1) is 0 Å². The summed E-state index contributed by atoms with van der Waals surface area (Å²) < 4.78 is 5.15. The van der Waals surface area contributed by atoms with Crippen molar-refractivity contribution in [1.82, 2.24) is 0 Å². The van der Waals surface area contributed by atoms with Crippen molar-refractivity contribution in [2.45, 2.75) is 6.61 Å². The van der Waals surface area contributed by atoms with Gasteiger partial charge in [-0.25, -0.2) is 4.79 Å². The van der Waals surface area contributed by atoms with Crippen LogP contribution >= 0.6 is 0 Å². The predicted octanol–water partition coefficient (Wildman–Crippen LogP) is 0.306. The van der Waals surface area contributed by atoms with Gasteiger partial charge in [-0.3, -0.25) is 0 Å². The molecule has 2 rings (SSSR count). The van der Waals surface area contributed by atoms with E-state index in [1.54, 1.807) is 0 Å². The molecule has 0 aliphatic carbocycles. The molecular weight excluding hydrogens is 257 g/mol. The molecule has 0 amide bonds. The van der Waals surface area contributed by atoms with Crippen LogP contribution in [0.3, 0.4) is 0 Å². The molecule has 0 saturated heterocycles. The first-order valence-electron chi connectivity index (χ1n) is 6.04. The Kier molecular flexibility index (Phi) is 4.39. The lowest BCUT2D eigenvalue weighted by Gasteiger charge is -2.08. The fourth-order valence-electron chi connectivity index (χ4n) is 1.74. The average molecular weight is 271 g/mol. The van der Waals surface area contributed by atoms with Gasteiger partial charge in [0.2, 0.25) is 0 Å². The molecule has 0 aliphatic rings. The number of carbonyl (C=O) groups is 1. The number of hydrogen-bond acceptors (Lipinski definition) is 5. The molecule has 0 aliphatic heterocycles. The minimum absolute atomic E-state index is 0.133. The maximum Gasteiger partial charge on any atom is 0.490 e. The predicted molar refractivity (Wildman–Crippen MR) is 76.2 cm³/mol. The van der Waals surface area contributed by atoms with E-state index < -0.39 is 13.1 Å². The molecule has 6 heteroatoms. The molecule has 0 saturated carbocycles. The van der Waals surface area contributed by atoms with Crippen LogP contribution < -0.4 is 11.2 Å². The largest absolute Gasteiger partial charge is 0.490 e. The monoisotopic (exact) mass is 271 g/mol. The SMILES string of the molecule is Nc1cc(C(=O)OCc2ccccc2)ccc1B(O)O. The van der Waals surface area contributed by atoms with Crippen LogP contribution in [0.5, 0.6) is 0 Å². The quantitative estimate of drug-likeness (QED) is 0.422. The van der Waals surface area contributed by atoms with Crippen LogP contribution in [-0.4, -0.2) is 23.1 Å². The van der Waals surface area contributed by atoms with E-state index in [4.69, 9.17) is 20.5 Å². The lowest BCUT2D eigenvalue weighted by Crippen LogP contribution is -2.32. The minimum atomic E-state index is -1.66. The van der Waals surface area contributed by atoms with E-state index in [1.165, 1.54) is 18.2 Å². The number of benzene rings is 2. The Morgan fingerprint density at radius 1 is 1.15 bits per heavy atom. The van der Waals surface area contributed by atoms with Gasteiger partial charge in [0, 0.05) is 11.2 Å². The Hall–Kier alpha value is -2.31. The molecule has 102 valence electrons. The Morgan fingerprint density at radius 2 is 1.85 bits per heavy atom. The molecule has 4 N–H and O–H groups in total. The molecule has 0 bridgehead atoms. The summed E-state index contributed by atoms with van der Waals surface area (Å²) in [4.78, 5) is 11.8. The van der Waals surface area contributed by atoms with Crippen LogP contribution in [0.15, 0.2) is 48.5 Å². The molecular formula is C14H14BNO4. The first-order chi connectivity index (χ1) is 9.58. The molecule has 0 unspecified atom stereocenters. The summed E-state index contributed by atoms with van der Waals surface area (Å²) in [5.74, 6) is -0.514. The van der Waals surface area contributed by atoms with Gasteiger partial charge in [0.1, 0.15) is 6.61 Å². The third kappa shape index (κ3) is 3.37. The van der Waals surface area contributed by atoms with Gasteiger partial charge in [-0.15, -0.1) is 0 Å². The highest BCUT2D eigenvalue weighted by Crippen LogP contribution is 2.09. The van der Waals surface area contributed by atoms with Crippen LogP contribution in [0.4, 0.5) is 5.69 Å². The van der Waals surface area contributed by atoms with E-state index in [1.807, 2.05) is 30.3 Å². The normalized spacial score (nSPS) is 10.1. The maximum atomic E-state index is 11.8.